The summed E-state index contributed by atoms with van der Waals surface area (Å²) in [6.07, 6.45) is 0.322. The molecule has 0 radical (unpaired) electrons. The van der Waals surface area contributed by atoms with Gasteiger partial charge in [-0.2, -0.15) is 0 Å². The lowest BCUT2D eigenvalue weighted by molar-refractivity contribution is -0.147. The van der Waals surface area contributed by atoms with E-state index in [0.717, 1.165) is 11.1 Å². The fourth-order valence-electron chi connectivity index (χ4n) is 2.84. The topological polar surface area (TPSA) is 61.8 Å². The van der Waals surface area contributed by atoms with Gasteiger partial charge in [-0.05, 0) is 29.7 Å². The first-order valence-corrected chi connectivity index (χ1v) is 7.63. The van der Waals surface area contributed by atoms with E-state index in [1.807, 2.05) is 30.3 Å². The van der Waals surface area contributed by atoms with Gasteiger partial charge >= 0.3 is 5.97 Å². The molecule has 0 saturated heterocycles. The van der Waals surface area contributed by atoms with Crippen molar-refractivity contribution in [2.45, 2.75) is 13.0 Å². The van der Waals surface area contributed by atoms with Gasteiger partial charge in [-0.1, -0.05) is 30.3 Å². The van der Waals surface area contributed by atoms with Crippen molar-refractivity contribution >= 4 is 11.8 Å². The van der Waals surface area contributed by atoms with Gasteiger partial charge in [0.2, 0.25) is 0 Å². The van der Waals surface area contributed by atoms with E-state index >= 15 is 0 Å². The lowest BCUT2D eigenvalue weighted by Crippen LogP contribution is -2.23. The minimum Gasteiger partial charge on any atom is -0.493 e. The molecule has 0 bridgehead atoms. The van der Waals surface area contributed by atoms with Crippen LogP contribution in [0.25, 0.3) is 0 Å². The molecule has 1 atom stereocenters. The molecule has 2 aromatic carbocycles. The zero-order chi connectivity index (χ0) is 17.1. The number of benzene rings is 2. The molecule has 0 N–H and O–H groups in total. The highest BCUT2D eigenvalue weighted by Gasteiger charge is 2.38. The predicted octanol–water partition coefficient (Wildman–Crippen LogP) is 2.80. The summed E-state index contributed by atoms with van der Waals surface area (Å²) in [5.74, 6) is -0.521. The summed E-state index contributed by atoms with van der Waals surface area (Å²) in [4.78, 5) is 24.8. The summed E-state index contributed by atoms with van der Waals surface area (Å²) in [7, 11) is 3.04. The van der Waals surface area contributed by atoms with Crippen LogP contribution in [0.1, 0.15) is 21.5 Å². The normalized spacial score (nSPS) is 15.8. The van der Waals surface area contributed by atoms with Crippen LogP contribution in [-0.2, 0) is 22.6 Å². The summed E-state index contributed by atoms with van der Waals surface area (Å²) in [6, 6.07) is 12.7. The smallest absolute Gasteiger partial charge is 0.317 e. The molecule has 1 unspecified atom stereocenters. The molecule has 3 rings (SSSR count). The molecule has 0 aliphatic heterocycles. The number of Topliss-reactive ketones (excluding diaryl/α,β-unsaturated/α-hetero) is 1. The number of fused-ring (bicyclic) bond motifs is 1. The second-order valence-corrected chi connectivity index (χ2v) is 5.58. The molecule has 1 aliphatic carbocycles. The number of ketones is 1. The number of carbonyl (C=O) groups is 2. The number of hydrogen-bond acceptors (Lipinski definition) is 5. The van der Waals surface area contributed by atoms with E-state index in [9.17, 15) is 9.59 Å². The molecule has 1 aliphatic rings. The first-order chi connectivity index (χ1) is 11.6. The molecule has 124 valence electrons. The largest absolute Gasteiger partial charge is 0.493 e. The van der Waals surface area contributed by atoms with Gasteiger partial charge in [0.15, 0.2) is 17.3 Å². The number of esters is 1. The van der Waals surface area contributed by atoms with Gasteiger partial charge in [0.25, 0.3) is 0 Å². The minimum absolute atomic E-state index is 0.159. The maximum Gasteiger partial charge on any atom is 0.317 e. The highest BCUT2D eigenvalue weighted by molar-refractivity contribution is 6.12. The van der Waals surface area contributed by atoms with Crippen molar-refractivity contribution in [3.8, 4) is 11.5 Å². The van der Waals surface area contributed by atoms with Gasteiger partial charge in [0.1, 0.15) is 12.5 Å². The highest BCUT2D eigenvalue weighted by atomic mass is 16.5. The molecule has 0 spiro atoms. The molecule has 0 fully saturated rings. The SMILES string of the molecule is COc1cc2c(cc1OC)C(=O)C(C(=O)OCc1ccccc1)C2. The summed E-state index contributed by atoms with van der Waals surface area (Å²) in [5.41, 5.74) is 2.16. The monoisotopic (exact) mass is 326 g/mol. The lowest BCUT2D eigenvalue weighted by Gasteiger charge is -2.09. The van der Waals surface area contributed by atoms with E-state index in [-0.39, 0.29) is 12.4 Å². The Hall–Kier alpha value is -2.82. The van der Waals surface area contributed by atoms with Gasteiger partial charge in [-0.3, -0.25) is 9.59 Å². The Morgan fingerprint density at radius 1 is 1.08 bits per heavy atom. The number of rotatable bonds is 5. The Balaban J connectivity index is 1.74. The van der Waals surface area contributed by atoms with Gasteiger partial charge in [0.05, 0.1) is 14.2 Å². The summed E-state index contributed by atoms with van der Waals surface area (Å²) >= 11 is 0. The van der Waals surface area contributed by atoms with Crippen molar-refractivity contribution < 1.29 is 23.8 Å². The van der Waals surface area contributed by atoms with Crippen molar-refractivity contribution in [3.05, 3.63) is 59.2 Å². The van der Waals surface area contributed by atoms with E-state index in [1.54, 1.807) is 12.1 Å². The average molecular weight is 326 g/mol. The van der Waals surface area contributed by atoms with E-state index in [1.165, 1.54) is 14.2 Å². The first kappa shape index (κ1) is 16.1. The van der Waals surface area contributed by atoms with E-state index in [2.05, 4.69) is 0 Å². The molecule has 2 aromatic rings. The van der Waals surface area contributed by atoms with Crippen molar-refractivity contribution in [1.29, 1.82) is 0 Å². The Morgan fingerprint density at radius 2 is 1.75 bits per heavy atom. The average Bonchev–Trinajstić information content (AvgIpc) is 2.95. The maximum atomic E-state index is 12.5. The van der Waals surface area contributed by atoms with Crippen molar-refractivity contribution in [2.75, 3.05) is 14.2 Å². The molecule has 0 amide bonds. The summed E-state index contributed by atoms with van der Waals surface area (Å²) in [5, 5.41) is 0. The fourth-order valence-corrected chi connectivity index (χ4v) is 2.84. The van der Waals surface area contributed by atoms with E-state index in [0.29, 0.717) is 23.5 Å². The standard InChI is InChI=1S/C19H18O5/c1-22-16-9-13-8-15(18(20)14(13)10-17(16)23-2)19(21)24-11-12-6-4-3-5-7-12/h3-7,9-10,15H,8,11H2,1-2H3. The Kier molecular flexibility index (Phi) is 4.51. The van der Waals surface area contributed by atoms with Crippen LogP contribution in [0.4, 0.5) is 0 Å². The Morgan fingerprint density at radius 3 is 2.42 bits per heavy atom. The fraction of sp³-hybridized carbons (Fsp3) is 0.263. The second kappa shape index (κ2) is 6.74. The summed E-state index contributed by atoms with van der Waals surface area (Å²) in [6.45, 7) is 0.159. The van der Waals surface area contributed by atoms with E-state index < -0.39 is 11.9 Å². The van der Waals surface area contributed by atoms with Crippen LogP contribution in [0.3, 0.4) is 0 Å². The molecule has 0 heterocycles. The van der Waals surface area contributed by atoms with Crippen LogP contribution in [0.5, 0.6) is 11.5 Å². The highest BCUT2D eigenvalue weighted by Crippen LogP contribution is 2.37. The molecular weight excluding hydrogens is 308 g/mol. The first-order valence-electron chi connectivity index (χ1n) is 7.63. The van der Waals surface area contributed by atoms with Crippen molar-refractivity contribution in [1.82, 2.24) is 0 Å². The molecule has 5 heteroatoms. The molecule has 24 heavy (non-hydrogen) atoms. The number of methoxy groups -OCH3 is 2. The van der Waals surface area contributed by atoms with Crippen molar-refractivity contribution in [2.24, 2.45) is 5.92 Å². The third-order valence-electron chi connectivity index (χ3n) is 4.12. The lowest BCUT2D eigenvalue weighted by atomic mass is 10.1. The number of carbonyl (C=O) groups excluding carboxylic acids is 2. The second-order valence-electron chi connectivity index (χ2n) is 5.58. The number of ether oxygens (including phenoxy) is 3. The van der Waals surface area contributed by atoms with Gasteiger partial charge in [-0.15, -0.1) is 0 Å². The maximum absolute atomic E-state index is 12.5. The summed E-state index contributed by atoms with van der Waals surface area (Å²) < 4.78 is 15.8. The Labute approximate surface area is 140 Å². The predicted molar refractivity (Wildman–Crippen MR) is 87.3 cm³/mol. The number of hydrogen-bond donors (Lipinski definition) is 0. The third-order valence-corrected chi connectivity index (χ3v) is 4.12. The van der Waals surface area contributed by atoms with Crippen LogP contribution in [-0.4, -0.2) is 26.0 Å². The Bertz CT molecular complexity index is 767. The quantitative estimate of drug-likeness (QED) is 0.624. The third kappa shape index (κ3) is 2.97. The molecule has 0 saturated carbocycles. The van der Waals surface area contributed by atoms with Gasteiger partial charge in [0, 0.05) is 5.56 Å². The molecular formula is C19H18O5. The van der Waals surface area contributed by atoms with Gasteiger partial charge < -0.3 is 14.2 Å². The van der Waals surface area contributed by atoms with Crippen LogP contribution in [0, 0.1) is 5.92 Å². The molecule has 0 aromatic heterocycles. The van der Waals surface area contributed by atoms with Crippen LogP contribution in [0.2, 0.25) is 0 Å². The molecule has 5 nitrogen and oxygen atoms in total. The minimum atomic E-state index is -0.805. The zero-order valence-electron chi connectivity index (χ0n) is 13.6. The zero-order valence-corrected chi connectivity index (χ0v) is 13.6. The van der Waals surface area contributed by atoms with Crippen LogP contribution < -0.4 is 9.47 Å². The van der Waals surface area contributed by atoms with Crippen LogP contribution >= 0.6 is 0 Å². The van der Waals surface area contributed by atoms with E-state index in [4.69, 9.17) is 14.2 Å². The van der Waals surface area contributed by atoms with Crippen LogP contribution in [0.15, 0.2) is 42.5 Å². The van der Waals surface area contributed by atoms with Gasteiger partial charge in [-0.25, -0.2) is 0 Å². The van der Waals surface area contributed by atoms with Crippen molar-refractivity contribution in [3.63, 3.8) is 0 Å².